The van der Waals surface area contributed by atoms with Crippen molar-refractivity contribution in [1.82, 2.24) is 0 Å². The number of rotatable bonds is 5. The van der Waals surface area contributed by atoms with Gasteiger partial charge >= 0.3 is 0 Å². The molecule has 3 rings (SSSR count). The minimum absolute atomic E-state index is 0.215. The fraction of sp³-hybridized carbons (Fsp3) is 0.286. The first kappa shape index (κ1) is 19.5. The lowest BCUT2D eigenvalue weighted by Gasteiger charge is -2.34. The van der Waals surface area contributed by atoms with E-state index in [0.717, 1.165) is 12.0 Å². The largest absolute Gasteiger partial charge is 0.380 e. The minimum atomic E-state index is -1.65. The van der Waals surface area contributed by atoms with E-state index in [-0.39, 0.29) is 6.61 Å². The van der Waals surface area contributed by atoms with Gasteiger partial charge in [-0.1, -0.05) is 19.1 Å². The molecule has 144 valence electrons. The molecular formula is C21H21N3O4. The average molecular weight is 379 g/mol. The van der Waals surface area contributed by atoms with Crippen LogP contribution >= 0.6 is 0 Å². The van der Waals surface area contributed by atoms with Crippen LogP contribution in [0.5, 0.6) is 0 Å². The molecule has 1 heterocycles. The van der Waals surface area contributed by atoms with Crippen LogP contribution in [-0.4, -0.2) is 42.3 Å². The number of hydrogen-bond donors (Lipinski definition) is 2. The highest BCUT2D eigenvalue weighted by Gasteiger charge is 2.39. The number of amides is 2. The van der Waals surface area contributed by atoms with E-state index in [0.29, 0.717) is 23.5 Å². The van der Waals surface area contributed by atoms with Crippen LogP contribution in [0, 0.1) is 11.3 Å². The van der Waals surface area contributed by atoms with Crippen LogP contribution in [0.25, 0.3) is 0 Å². The number of aryl methyl sites for hydroxylation is 1. The topological polar surface area (TPSA) is 103 Å². The number of benzene rings is 2. The highest BCUT2D eigenvalue weighted by atomic mass is 16.5. The van der Waals surface area contributed by atoms with E-state index in [4.69, 9.17) is 10.00 Å². The van der Waals surface area contributed by atoms with Crippen molar-refractivity contribution in [3.05, 3.63) is 59.7 Å². The number of ether oxygens (including phenoxy) is 1. The molecule has 1 saturated heterocycles. The quantitative estimate of drug-likeness (QED) is 0.825. The lowest BCUT2D eigenvalue weighted by molar-refractivity contribution is -0.150. The molecule has 0 spiro atoms. The first-order valence-corrected chi connectivity index (χ1v) is 9.04. The van der Waals surface area contributed by atoms with Gasteiger partial charge in [0.2, 0.25) is 0 Å². The second kappa shape index (κ2) is 8.65. The van der Waals surface area contributed by atoms with E-state index in [1.165, 1.54) is 4.90 Å². The third-order valence-corrected chi connectivity index (χ3v) is 4.61. The fourth-order valence-corrected chi connectivity index (χ4v) is 2.98. The molecule has 1 aliphatic heterocycles. The molecule has 2 amide bonds. The Balaban J connectivity index is 1.69. The van der Waals surface area contributed by atoms with Crippen LogP contribution in [0.4, 0.5) is 11.4 Å². The standard InChI is InChI=1S/C21H21N3O4/c1-2-14-5-9-17(10-6-14)24-11-12-28-19(21(24)27)18(25)20(26)23-16-7-3-15(13-22)4-8-16/h3-10,18-19,25H,2,11-12H2,1H3,(H,23,26)/t18?,19-/m1/s1. The number of morpholine rings is 1. The van der Waals surface area contributed by atoms with E-state index in [9.17, 15) is 14.7 Å². The SMILES string of the molecule is CCc1ccc(N2CCO[C@H](C(O)C(=O)Nc3ccc(C#N)cc3)C2=O)cc1. The van der Waals surface area contributed by atoms with Crippen molar-refractivity contribution >= 4 is 23.2 Å². The third kappa shape index (κ3) is 4.19. The highest BCUT2D eigenvalue weighted by molar-refractivity contribution is 6.03. The molecule has 2 aromatic rings. The van der Waals surface area contributed by atoms with Crippen LogP contribution in [0.15, 0.2) is 48.5 Å². The maximum absolute atomic E-state index is 12.8. The van der Waals surface area contributed by atoms with Gasteiger partial charge in [-0.2, -0.15) is 5.26 Å². The third-order valence-electron chi connectivity index (χ3n) is 4.61. The maximum atomic E-state index is 12.8. The van der Waals surface area contributed by atoms with Crippen molar-refractivity contribution in [1.29, 1.82) is 5.26 Å². The molecule has 0 bridgehead atoms. The van der Waals surface area contributed by atoms with Gasteiger partial charge in [-0.15, -0.1) is 0 Å². The van der Waals surface area contributed by atoms with Crippen LogP contribution in [0.1, 0.15) is 18.1 Å². The zero-order chi connectivity index (χ0) is 20.1. The molecule has 7 heteroatoms. The number of carbonyl (C=O) groups is 2. The Morgan fingerprint density at radius 3 is 2.57 bits per heavy atom. The van der Waals surface area contributed by atoms with Gasteiger partial charge in [0.25, 0.3) is 11.8 Å². The number of anilines is 2. The summed E-state index contributed by atoms with van der Waals surface area (Å²) < 4.78 is 5.40. The Kier molecular flexibility index (Phi) is 6.04. The van der Waals surface area contributed by atoms with Crippen LogP contribution < -0.4 is 10.2 Å². The molecule has 7 nitrogen and oxygen atoms in total. The van der Waals surface area contributed by atoms with Crippen LogP contribution in [0.2, 0.25) is 0 Å². The van der Waals surface area contributed by atoms with Crippen molar-refractivity contribution in [2.45, 2.75) is 25.6 Å². The van der Waals surface area contributed by atoms with Crippen molar-refractivity contribution in [3.8, 4) is 6.07 Å². The summed E-state index contributed by atoms with van der Waals surface area (Å²) in [6, 6.07) is 15.8. The molecule has 2 aromatic carbocycles. The summed E-state index contributed by atoms with van der Waals surface area (Å²) in [4.78, 5) is 26.7. The van der Waals surface area contributed by atoms with E-state index < -0.39 is 24.0 Å². The number of nitriles is 1. The second-order valence-electron chi connectivity index (χ2n) is 6.42. The van der Waals surface area contributed by atoms with Crippen molar-refractivity contribution in [2.75, 3.05) is 23.4 Å². The van der Waals surface area contributed by atoms with Gasteiger partial charge < -0.3 is 20.1 Å². The van der Waals surface area contributed by atoms with Gasteiger partial charge in [-0.3, -0.25) is 9.59 Å². The van der Waals surface area contributed by atoms with Crippen LogP contribution in [-0.2, 0) is 20.7 Å². The number of aliphatic hydroxyl groups excluding tert-OH is 1. The Bertz CT molecular complexity index is 887. The summed E-state index contributed by atoms with van der Waals surface area (Å²) in [7, 11) is 0. The molecule has 0 aromatic heterocycles. The zero-order valence-electron chi connectivity index (χ0n) is 15.5. The van der Waals surface area contributed by atoms with Gasteiger partial charge in [0.1, 0.15) is 0 Å². The zero-order valence-corrected chi connectivity index (χ0v) is 15.5. The van der Waals surface area contributed by atoms with E-state index in [1.54, 1.807) is 24.3 Å². The lowest BCUT2D eigenvalue weighted by atomic mass is 10.1. The number of carbonyl (C=O) groups excluding carboxylic acids is 2. The normalized spacial score (nSPS) is 17.7. The lowest BCUT2D eigenvalue weighted by Crippen LogP contribution is -2.55. The van der Waals surface area contributed by atoms with Crippen molar-refractivity contribution in [2.24, 2.45) is 0 Å². The second-order valence-corrected chi connectivity index (χ2v) is 6.42. The predicted octanol–water partition coefficient (Wildman–Crippen LogP) is 1.85. The predicted molar refractivity (Wildman–Crippen MR) is 104 cm³/mol. The summed E-state index contributed by atoms with van der Waals surface area (Å²) in [5, 5.41) is 21.7. The molecule has 1 unspecified atom stereocenters. The summed E-state index contributed by atoms with van der Waals surface area (Å²) >= 11 is 0. The molecule has 2 atom stereocenters. The molecule has 0 aliphatic carbocycles. The fourth-order valence-electron chi connectivity index (χ4n) is 2.98. The van der Waals surface area contributed by atoms with Gasteiger partial charge in [0, 0.05) is 17.9 Å². The summed E-state index contributed by atoms with van der Waals surface area (Å²) in [6.07, 6.45) is -2.03. The first-order chi connectivity index (χ1) is 13.5. The van der Waals surface area contributed by atoms with Gasteiger partial charge in [0.05, 0.1) is 18.2 Å². The summed E-state index contributed by atoms with van der Waals surface area (Å²) in [6.45, 7) is 2.62. The number of aliphatic hydroxyl groups is 1. The number of nitrogens with one attached hydrogen (secondary N) is 1. The van der Waals surface area contributed by atoms with Crippen molar-refractivity contribution < 1.29 is 19.4 Å². The molecule has 0 radical (unpaired) electrons. The Hall–Kier alpha value is -3.21. The molecule has 0 saturated carbocycles. The Labute approximate surface area is 163 Å². The first-order valence-electron chi connectivity index (χ1n) is 9.04. The van der Waals surface area contributed by atoms with Crippen LogP contribution in [0.3, 0.4) is 0 Å². The molecular weight excluding hydrogens is 358 g/mol. The minimum Gasteiger partial charge on any atom is -0.380 e. The maximum Gasteiger partial charge on any atom is 0.259 e. The Morgan fingerprint density at radius 1 is 1.29 bits per heavy atom. The Morgan fingerprint density at radius 2 is 1.96 bits per heavy atom. The smallest absolute Gasteiger partial charge is 0.259 e. The van der Waals surface area contributed by atoms with Gasteiger partial charge in [-0.25, -0.2) is 0 Å². The molecule has 2 N–H and O–H groups in total. The molecule has 1 fully saturated rings. The molecule has 28 heavy (non-hydrogen) atoms. The average Bonchev–Trinajstić information content (AvgIpc) is 2.74. The van der Waals surface area contributed by atoms with E-state index >= 15 is 0 Å². The van der Waals surface area contributed by atoms with E-state index in [1.807, 2.05) is 37.3 Å². The van der Waals surface area contributed by atoms with Gasteiger partial charge in [0.15, 0.2) is 12.2 Å². The summed E-state index contributed by atoms with van der Waals surface area (Å²) in [5.74, 6) is -1.20. The molecule has 1 aliphatic rings. The number of nitrogens with zero attached hydrogens (tertiary/aromatic N) is 2. The number of hydrogen-bond acceptors (Lipinski definition) is 5. The van der Waals surface area contributed by atoms with Crippen molar-refractivity contribution in [3.63, 3.8) is 0 Å². The monoisotopic (exact) mass is 379 g/mol. The highest BCUT2D eigenvalue weighted by Crippen LogP contribution is 2.22. The summed E-state index contributed by atoms with van der Waals surface area (Å²) in [5.41, 5.74) is 2.73. The van der Waals surface area contributed by atoms with Gasteiger partial charge in [-0.05, 0) is 48.4 Å². The van der Waals surface area contributed by atoms with E-state index in [2.05, 4.69) is 5.32 Å².